The first-order valence-corrected chi connectivity index (χ1v) is 9.43. The van der Waals surface area contributed by atoms with E-state index in [0.717, 1.165) is 12.1 Å². The van der Waals surface area contributed by atoms with E-state index in [0.29, 0.717) is 13.1 Å². The van der Waals surface area contributed by atoms with Gasteiger partial charge in [-0.1, -0.05) is 82.3 Å². The average Bonchev–Trinajstić information content (AvgIpc) is 2.61. The Labute approximate surface area is 163 Å². The van der Waals surface area contributed by atoms with Crippen LogP contribution < -0.4 is 5.32 Å². The Morgan fingerprint density at radius 3 is 2.00 bits per heavy atom. The summed E-state index contributed by atoms with van der Waals surface area (Å²) in [6.45, 7) is 10.1. The molecule has 2 rings (SSSR count). The van der Waals surface area contributed by atoms with Crippen molar-refractivity contribution < 1.29 is 9.90 Å². The zero-order chi connectivity index (χ0) is 20.1. The van der Waals surface area contributed by atoms with Crippen LogP contribution in [0.15, 0.2) is 54.6 Å². The van der Waals surface area contributed by atoms with E-state index in [-0.39, 0.29) is 10.8 Å². The molecule has 1 amide bonds. The van der Waals surface area contributed by atoms with Crippen LogP contribution in [-0.4, -0.2) is 42.8 Å². The summed E-state index contributed by atoms with van der Waals surface area (Å²) >= 11 is 0. The molecular weight excluding hydrogens is 336 g/mol. The predicted octanol–water partition coefficient (Wildman–Crippen LogP) is 4.86. The molecule has 0 saturated carbocycles. The highest BCUT2D eigenvalue weighted by Gasteiger charge is 2.30. The van der Waals surface area contributed by atoms with E-state index in [1.807, 2.05) is 25.2 Å². The molecule has 0 bridgehead atoms. The Balaban J connectivity index is 2.17. The Bertz CT molecular complexity index is 737. The van der Waals surface area contributed by atoms with E-state index in [9.17, 15) is 9.90 Å². The fourth-order valence-corrected chi connectivity index (χ4v) is 3.56. The molecule has 2 aromatic carbocycles. The molecule has 0 radical (unpaired) electrons. The second-order valence-corrected chi connectivity index (χ2v) is 8.66. The van der Waals surface area contributed by atoms with Gasteiger partial charge in [-0.15, -0.1) is 0 Å². The van der Waals surface area contributed by atoms with Crippen molar-refractivity contribution >= 4 is 6.09 Å². The van der Waals surface area contributed by atoms with Crippen LogP contribution in [0.4, 0.5) is 4.79 Å². The molecule has 0 heterocycles. The Morgan fingerprint density at radius 2 is 1.48 bits per heavy atom. The Kier molecular flexibility index (Phi) is 6.66. The van der Waals surface area contributed by atoms with Gasteiger partial charge < -0.3 is 15.3 Å². The van der Waals surface area contributed by atoms with E-state index >= 15 is 0 Å². The van der Waals surface area contributed by atoms with Gasteiger partial charge in [-0.25, -0.2) is 4.79 Å². The van der Waals surface area contributed by atoms with E-state index < -0.39 is 6.09 Å². The van der Waals surface area contributed by atoms with Gasteiger partial charge >= 0.3 is 6.09 Å². The summed E-state index contributed by atoms with van der Waals surface area (Å²) in [6.07, 6.45) is -0.867. The van der Waals surface area contributed by atoms with Crippen LogP contribution >= 0.6 is 0 Å². The van der Waals surface area contributed by atoms with Crippen molar-refractivity contribution in [1.29, 1.82) is 0 Å². The molecule has 0 aliphatic carbocycles. The molecule has 27 heavy (non-hydrogen) atoms. The maximum Gasteiger partial charge on any atom is 0.407 e. The molecule has 146 valence electrons. The van der Waals surface area contributed by atoms with Crippen LogP contribution in [0, 0.1) is 5.41 Å². The van der Waals surface area contributed by atoms with Crippen molar-refractivity contribution in [2.45, 2.75) is 33.1 Å². The van der Waals surface area contributed by atoms with Crippen LogP contribution in [0.1, 0.15) is 33.3 Å². The second kappa shape index (κ2) is 8.57. The van der Waals surface area contributed by atoms with E-state index in [4.69, 9.17) is 0 Å². The van der Waals surface area contributed by atoms with Crippen LogP contribution in [-0.2, 0) is 5.41 Å². The average molecular weight is 369 g/mol. The van der Waals surface area contributed by atoms with Gasteiger partial charge in [0.15, 0.2) is 0 Å². The highest BCUT2D eigenvalue weighted by molar-refractivity contribution is 5.66. The minimum absolute atomic E-state index is 0.125. The van der Waals surface area contributed by atoms with Gasteiger partial charge in [0.25, 0.3) is 0 Å². The molecule has 0 fully saturated rings. The first kappa shape index (κ1) is 21.0. The van der Waals surface area contributed by atoms with E-state index in [1.165, 1.54) is 11.1 Å². The first-order valence-electron chi connectivity index (χ1n) is 9.43. The van der Waals surface area contributed by atoms with Crippen molar-refractivity contribution in [2.75, 3.05) is 26.7 Å². The summed E-state index contributed by atoms with van der Waals surface area (Å²) in [6, 6.07) is 18.7. The zero-order valence-electron chi connectivity index (χ0n) is 17.1. The number of rotatable bonds is 8. The van der Waals surface area contributed by atoms with Gasteiger partial charge in [0.05, 0.1) is 0 Å². The summed E-state index contributed by atoms with van der Waals surface area (Å²) in [4.78, 5) is 13.4. The third kappa shape index (κ3) is 5.83. The molecule has 0 aliphatic heterocycles. The lowest BCUT2D eigenvalue weighted by atomic mass is 9.82. The third-order valence-corrected chi connectivity index (χ3v) is 4.90. The summed E-state index contributed by atoms with van der Waals surface area (Å²) < 4.78 is 0. The van der Waals surface area contributed by atoms with Crippen LogP contribution in [0.5, 0.6) is 0 Å². The van der Waals surface area contributed by atoms with Gasteiger partial charge in [-0.3, -0.25) is 0 Å². The van der Waals surface area contributed by atoms with E-state index in [1.54, 1.807) is 4.90 Å². The lowest BCUT2D eigenvalue weighted by Gasteiger charge is -2.36. The molecule has 0 aliphatic rings. The fourth-order valence-electron chi connectivity index (χ4n) is 3.56. The molecule has 0 spiro atoms. The number of nitrogens with one attached hydrogen (secondary N) is 1. The van der Waals surface area contributed by atoms with E-state index in [2.05, 4.69) is 69.4 Å². The van der Waals surface area contributed by atoms with Crippen molar-refractivity contribution in [2.24, 2.45) is 5.41 Å². The summed E-state index contributed by atoms with van der Waals surface area (Å²) in [5, 5.41) is 12.9. The Morgan fingerprint density at radius 1 is 0.926 bits per heavy atom. The molecular formula is C23H32N2O2. The third-order valence-electron chi connectivity index (χ3n) is 4.90. The highest BCUT2D eigenvalue weighted by atomic mass is 16.4. The van der Waals surface area contributed by atoms with Crippen molar-refractivity contribution in [3.05, 3.63) is 60.2 Å². The minimum atomic E-state index is -0.867. The topological polar surface area (TPSA) is 52.6 Å². The van der Waals surface area contributed by atoms with Crippen molar-refractivity contribution in [1.82, 2.24) is 10.2 Å². The minimum Gasteiger partial charge on any atom is -0.465 e. The molecule has 2 N–H and O–H groups in total. The SMILES string of the molecule is CNCC(C)(C)CN(CC(C)(C)c1ccc(-c2ccccc2)cc1)C(=O)O. The van der Waals surface area contributed by atoms with Crippen LogP contribution in [0.3, 0.4) is 0 Å². The van der Waals surface area contributed by atoms with Gasteiger partial charge in [0, 0.05) is 25.0 Å². The number of amides is 1. The molecule has 0 unspecified atom stereocenters. The fraction of sp³-hybridized carbons (Fsp3) is 0.435. The Hall–Kier alpha value is -2.33. The lowest BCUT2D eigenvalue weighted by molar-refractivity contribution is 0.111. The summed E-state index contributed by atoms with van der Waals surface area (Å²) in [7, 11) is 1.89. The smallest absolute Gasteiger partial charge is 0.407 e. The van der Waals surface area contributed by atoms with Crippen LogP contribution in [0.2, 0.25) is 0 Å². The maximum absolute atomic E-state index is 11.8. The second-order valence-electron chi connectivity index (χ2n) is 8.66. The zero-order valence-corrected chi connectivity index (χ0v) is 17.1. The van der Waals surface area contributed by atoms with Crippen molar-refractivity contribution in [3.63, 3.8) is 0 Å². The molecule has 4 nitrogen and oxygen atoms in total. The maximum atomic E-state index is 11.8. The number of hydrogen-bond acceptors (Lipinski definition) is 2. The monoisotopic (exact) mass is 368 g/mol. The molecule has 0 saturated heterocycles. The van der Waals surface area contributed by atoms with Gasteiger partial charge in [0.1, 0.15) is 0 Å². The number of carbonyl (C=O) groups is 1. The van der Waals surface area contributed by atoms with Gasteiger partial charge in [-0.2, -0.15) is 0 Å². The lowest BCUT2D eigenvalue weighted by Crippen LogP contribution is -2.46. The van der Waals surface area contributed by atoms with Crippen molar-refractivity contribution in [3.8, 4) is 11.1 Å². The summed E-state index contributed by atoms with van der Waals surface area (Å²) in [5.41, 5.74) is 3.09. The number of hydrogen-bond donors (Lipinski definition) is 2. The van der Waals surface area contributed by atoms with Gasteiger partial charge in [-0.05, 0) is 29.2 Å². The molecule has 0 atom stereocenters. The predicted molar refractivity (Wildman–Crippen MR) is 112 cm³/mol. The molecule has 0 aromatic heterocycles. The first-order chi connectivity index (χ1) is 12.6. The normalized spacial score (nSPS) is 12.0. The van der Waals surface area contributed by atoms with Gasteiger partial charge in [0.2, 0.25) is 0 Å². The quantitative estimate of drug-likeness (QED) is 0.700. The summed E-state index contributed by atoms with van der Waals surface area (Å²) in [5.74, 6) is 0. The number of nitrogens with zero attached hydrogens (tertiary/aromatic N) is 1. The molecule has 2 aromatic rings. The number of carboxylic acid groups (broad SMARTS) is 1. The standard InChI is InChI=1S/C23H32N2O2/c1-22(2,15-24-5)16-25(21(26)27)17-23(3,4)20-13-11-19(12-14-20)18-9-7-6-8-10-18/h6-14,24H,15-17H2,1-5H3,(H,26,27). The number of benzene rings is 2. The molecule has 4 heteroatoms. The largest absolute Gasteiger partial charge is 0.465 e. The van der Waals surface area contributed by atoms with Crippen LogP contribution in [0.25, 0.3) is 11.1 Å². The highest BCUT2D eigenvalue weighted by Crippen LogP contribution is 2.29.